The van der Waals surface area contributed by atoms with Crippen molar-refractivity contribution in [2.24, 2.45) is 0 Å². The lowest BCUT2D eigenvalue weighted by Gasteiger charge is -2.08. The molecule has 7 nitrogen and oxygen atoms in total. The molecule has 0 aliphatic rings. The quantitative estimate of drug-likeness (QED) is 0.748. The molecule has 0 atom stereocenters. The molecule has 0 aliphatic carbocycles. The van der Waals surface area contributed by atoms with Gasteiger partial charge < -0.3 is 10.4 Å². The molecule has 0 saturated heterocycles. The Morgan fingerprint density at radius 3 is 2.58 bits per heavy atom. The van der Waals surface area contributed by atoms with Gasteiger partial charge in [-0.25, -0.2) is 14.2 Å². The third-order valence-corrected chi connectivity index (χ3v) is 3.67. The molecule has 0 unspecified atom stereocenters. The Kier molecular flexibility index (Phi) is 4.66. The summed E-state index contributed by atoms with van der Waals surface area (Å²) < 4.78 is 13.6. The number of nitrogens with zero attached hydrogens (tertiary/aromatic N) is 3. The Bertz CT molecular complexity index is 990. The van der Waals surface area contributed by atoms with Gasteiger partial charge in [-0.2, -0.15) is 0 Å². The molecule has 0 saturated carbocycles. The lowest BCUT2D eigenvalue weighted by atomic mass is 10.0. The number of aromatic carboxylic acids is 1. The molecule has 2 N–H and O–H groups in total. The number of aromatic nitrogens is 3. The van der Waals surface area contributed by atoms with Crippen molar-refractivity contribution in [2.45, 2.75) is 6.92 Å². The van der Waals surface area contributed by atoms with E-state index in [0.717, 1.165) is 11.8 Å². The van der Waals surface area contributed by atoms with Crippen molar-refractivity contribution in [3.05, 3.63) is 71.6 Å². The van der Waals surface area contributed by atoms with Gasteiger partial charge in [0, 0.05) is 11.8 Å². The summed E-state index contributed by atoms with van der Waals surface area (Å²) >= 11 is 0. The number of aryl methyl sites for hydroxylation is 1. The first-order chi connectivity index (χ1) is 12.5. The predicted octanol–water partition coefficient (Wildman–Crippen LogP) is 2.94. The predicted molar refractivity (Wildman–Crippen MR) is 91.3 cm³/mol. The van der Waals surface area contributed by atoms with Gasteiger partial charge in [0.15, 0.2) is 11.6 Å². The highest BCUT2D eigenvalue weighted by Gasteiger charge is 2.13. The fourth-order valence-electron chi connectivity index (χ4n) is 2.31. The van der Waals surface area contributed by atoms with Crippen molar-refractivity contribution in [3.8, 4) is 11.3 Å². The minimum atomic E-state index is -1.04. The maximum atomic E-state index is 13.6. The van der Waals surface area contributed by atoms with E-state index in [-0.39, 0.29) is 16.9 Å². The number of carbonyl (C=O) groups is 2. The van der Waals surface area contributed by atoms with E-state index in [0.29, 0.717) is 11.3 Å². The molecule has 0 spiro atoms. The lowest BCUT2D eigenvalue weighted by molar-refractivity contribution is 0.0696. The second-order valence-electron chi connectivity index (χ2n) is 5.43. The molecule has 3 aromatic rings. The minimum Gasteiger partial charge on any atom is -0.478 e. The SMILES string of the molecule is Cc1ccc(C(=O)O)cc1-c1cnc(NC(=O)c2ccncc2F)cn1. The second kappa shape index (κ2) is 7.06. The van der Waals surface area contributed by atoms with E-state index in [1.807, 2.05) is 6.92 Å². The van der Waals surface area contributed by atoms with E-state index < -0.39 is 17.7 Å². The van der Waals surface area contributed by atoms with Crippen LogP contribution >= 0.6 is 0 Å². The van der Waals surface area contributed by atoms with Crippen LogP contribution < -0.4 is 5.32 Å². The minimum absolute atomic E-state index is 0.137. The first-order valence-corrected chi connectivity index (χ1v) is 7.53. The number of carboxylic acid groups (broad SMARTS) is 1. The zero-order valence-corrected chi connectivity index (χ0v) is 13.6. The van der Waals surface area contributed by atoms with Crippen molar-refractivity contribution in [1.29, 1.82) is 0 Å². The van der Waals surface area contributed by atoms with Gasteiger partial charge >= 0.3 is 5.97 Å². The number of benzene rings is 1. The summed E-state index contributed by atoms with van der Waals surface area (Å²) in [6.07, 6.45) is 4.98. The average molecular weight is 352 g/mol. The van der Waals surface area contributed by atoms with Crippen LogP contribution in [0.1, 0.15) is 26.3 Å². The van der Waals surface area contributed by atoms with Crippen LogP contribution in [0.15, 0.2) is 49.1 Å². The molecule has 26 heavy (non-hydrogen) atoms. The van der Waals surface area contributed by atoms with Gasteiger partial charge in [-0.05, 0) is 30.7 Å². The van der Waals surface area contributed by atoms with Crippen molar-refractivity contribution in [2.75, 3.05) is 5.32 Å². The van der Waals surface area contributed by atoms with E-state index >= 15 is 0 Å². The maximum Gasteiger partial charge on any atom is 0.335 e. The highest BCUT2D eigenvalue weighted by Crippen LogP contribution is 2.23. The third kappa shape index (κ3) is 3.54. The molecule has 0 bridgehead atoms. The number of anilines is 1. The van der Waals surface area contributed by atoms with Crippen LogP contribution in [0, 0.1) is 12.7 Å². The molecule has 8 heteroatoms. The number of carbonyl (C=O) groups excluding carboxylic acids is 1. The Morgan fingerprint density at radius 1 is 1.12 bits per heavy atom. The van der Waals surface area contributed by atoms with Crippen LogP contribution in [-0.4, -0.2) is 31.9 Å². The first kappa shape index (κ1) is 17.2. The summed E-state index contributed by atoms with van der Waals surface area (Å²) in [7, 11) is 0. The van der Waals surface area contributed by atoms with E-state index in [1.165, 1.54) is 36.8 Å². The number of pyridine rings is 1. The zero-order valence-electron chi connectivity index (χ0n) is 13.6. The monoisotopic (exact) mass is 352 g/mol. The third-order valence-electron chi connectivity index (χ3n) is 3.67. The Morgan fingerprint density at radius 2 is 1.92 bits per heavy atom. The van der Waals surface area contributed by atoms with Crippen LogP contribution in [0.3, 0.4) is 0 Å². The van der Waals surface area contributed by atoms with Crippen LogP contribution in [0.4, 0.5) is 10.2 Å². The molecule has 1 aromatic carbocycles. The van der Waals surface area contributed by atoms with Crippen molar-refractivity contribution in [1.82, 2.24) is 15.0 Å². The van der Waals surface area contributed by atoms with Gasteiger partial charge in [0.1, 0.15) is 0 Å². The largest absolute Gasteiger partial charge is 0.478 e. The molecule has 0 fully saturated rings. The van der Waals surface area contributed by atoms with Gasteiger partial charge in [-0.1, -0.05) is 6.07 Å². The molecule has 2 aromatic heterocycles. The van der Waals surface area contributed by atoms with Gasteiger partial charge in [0.05, 0.1) is 35.4 Å². The van der Waals surface area contributed by atoms with Crippen molar-refractivity contribution < 1.29 is 19.1 Å². The number of nitrogens with one attached hydrogen (secondary N) is 1. The molecular weight excluding hydrogens is 339 g/mol. The molecule has 2 heterocycles. The van der Waals surface area contributed by atoms with Gasteiger partial charge in [-0.15, -0.1) is 0 Å². The number of rotatable bonds is 4. The summed E-state index contributed by atoms with van der Waals surface area (Å²) in [5, 5.41) is 11.5. The summed E-state index contributed by atoms with van der Waals surface area (Å²) in [4.78, 5) is 35.0. The summed E-state index contributed by atoms with van der Waals surface area (Å²) in [6.45, 7) is 1.82. The van der Waals surface area contributed by atoms with E-state index in [1.54, 1.807) is 6.07 Å². The fraction of sp³-hybridized carbons (Fsp3) is 0.0556. The van der Waals surface area contributed by atoms with Crippen LogP contribution in [0.5, 0.6) is 0 Å². The second-order valence-corrected chi connectivity index (χ2v) is 5.43. The normalized spacial score (nSPS) is 10.4. The van der Waals surface area contributed by atoms with E-state index in [9.17, 15) is 14.0 Å². The molecule has 3 rings (SSSR count). The zero-order chi connectivity index (χ0) is 18.7. The smallest absolute Gasteiger partial charge is 0.335 e. The van der Waals surface area contributed by atoms with Crippen LogP contribution in [0.2, 0.25) is 0 Å². The number of carboxylic acids is 1. The Labute approximate surface area is 147 Å². The molecule has 0 radical (unpaired) electrons. The fourth-order valence-corrected chi connectivity index (χ4v) is 2.31. The lowest BCUT2D eigenvalue weighted by Crippen LogP contribution is -2.15. The molecule has 130 valence electrons. The Hall–Kier alpha value is -3.68. The van der Waals surface area contributed by atoms with Crippen LogP contribution in [0.25, 0.3) is 11.3 Å². The van der Waals surface area contributed by atoms with Gasteiger partial charge in [-0.3, -0.25) is 14.8 Å². The van der Waals surface area contributed by atoms with Crippen LogP contribution in [-0.2, 0) is 0 Å². The number of hydrogen-bond acceptors (Lipinski definition) is 5. The first-order valence-electron chi connectivity index (χ1n) is 7.53. The number of amides is 1. The summed E-state index contributed by atoms with van der Waals surface area (Å²) in [5.74, 6) is -2.31. The van der Waals surface area contributed by atoms with Gasteiger partial charge in [0.2, 0.25) is 0 Å². The van der Waals surface area contributed by atoms with E-state index in [2.05, 4.69) is 20.3 Å². The molecular formula is C18H13FN4O3. The highest BCUT2D eigenvalue weighted by molar-refractivity contribution is 6.03. The molecule has 0 aliphatic heterocycles. The summed E-state index contributed by atoms with van der Waals surface area (Å²) in [6, 6.07) is 5.95. The molecule has 1 amide bonds. The highest BCUT2D eigenvalue weighted by atomic mass is 19.1. The Balaban J connectivity index is 1.83. The van der Waals surface area contributed by atoms with Gasteiger partial charge in [0.25, 0.3) is 5.91 Å². The topological polar surface area (TPSA) is 105 Å². The van der Waals surface area contributed by atoms with Crippen molar-refractivity contribution in [3.63, 3.8) is 0 Å². The van der Waals surface area contributed by atoms with Crippen molar-refractivity contribution >= 4 is 17.7 Å². The standard InChI is InChI=1S/C18H13FN4O3/c1-10-2-3-11(18(25)26)6-13(10)15-8-22-16(9-21-15)23-17(24)12-4-5-20-7-14(12)19/h2-9H,1H3,(H,25,26)(H,22,23,24). The average Bonchev–Trinajstić information content (AvgIpc) is 2.63. The number of halogens is 1. The van der Waals surface area contributed by atoms with E-state index in [4.69, 9.17) is 5.11 Å². The maximum absolute atomic E-state index is 13.6. The number of hydrogen-bond donors (Lipinski definition) is 2. The summed E-state index contributed by atoms with van der Waals surface area (Å²) in [5.41, 5.74) is 1.89.